The molecule has 0 aliphatic carbocycles. The maximum absolute atomic E-state index is 9.90. The third-order valence-electron chi connectivity index (χ3n) is 2.49. The van der Waals surface area contributed by atoms with Gasteiger partial charge in [-0.15, -0.1) is 11.8 Å². The molecule has 4 nitrogen and oxygen atoms in total. The van der Waals surface area contributed by atoms with Crippen LogP contribution < -0.4 is 10.5 Å². The van der Waals surface area contributed by atoms with Crippen LogP contribution in [-0.4, -0.2) is 28.6 Å². The van der Waals surface area contributed by atoms with E-state index in [2.05, 4.69) is 4.98 Å². The first-order valence-electron chi connectivity index (χ1n) is 6.05. The lowest BCUT2D eigenvalue weighted by molar-refractivity contribution is 0.127. The minimum Gasteiger partial charge on any atom is -0.489 e. The Kier molecular flexibility index (Phi) is 5.52. The second kappa shape index (κ2) is 7.38. The van der Waals surface area contributed by atoms with Crippen LogP contribution in [-0.2, 0) is 0 Å². The van der Waals surface area contributed by atoms with Crippen molar-refractivity contribution in [3.8, 4) is 5.75 Å². The Labute approximate surface area is 126 Å². The molecule has 0 aliphatic rings. The minimum atomic E-state index is -0.627. The number of rotatable bonds is 6. The van der Waals surface area contributed by atoms with Gasteiger partial charge in [-0.05, 0) is 24.3 Å². The number of aliphatic hydroxyl groups is 1. The van der Waals surface area contributed by atoms with Crippen LogP contribution in [0.1, 0.15) is 0 Å². The molecule has 20 heavy (non-hydrogen) atoms. The standard InChI is InChI=1S/C14H15ClN2O2S/c15-11-4-3-7-17-14(11)20-9-10(18)8-19-13-6-2-1-5-12(13)16/h1-7,10,18H,8-9,16H2. The molecule has 3 N–H and O–H groups in total. The van der Waals surface area contributed by atoms with Crippen LogP contribution in [0.5, 0.6) is 5.75 Å². The summed E-state index contributed by atoms with van der Waals surface area (Å²) in [7, 11) is 0. The van der Waals surface area contributed by atoms with Crippen LogP contribution in [0.15, 0.2) is 47.6 Å². The zero-order valence-corrected chi connectivity index (χ0v) is 12.3. The second-order valence-corrected chi connectivity index (χ2v) is 5.52. The lowest BCUT2D eigenvalue weighted by Gasteiger charge is -2.13. The van der Waals surface area contributed by atoms with Crippen molar-refractivity contribution >= 4 is 29.1 Å². The van der Waals surface area contributed by atoms with Crippen LogP contribution in [0, 0.1) is 0 Å². The van der Waals surface area contributed by atoms with E-state index in [-0.39, 0.29) is 6.61 Å². The Balaban J connectivity index is 1.80. The predicted octanol–water partition coefficient (Wildman–Crippen LogP) is 2.85. The Morgan fingerprint density at radius 3 is 2.85 bits per heavy atom. The molecule has 106 valence electrons. The third kappa shape index (κ3) is 4.30. The van der Waals surface area contributed by atoms with Crippen molar-refractivity contribution in [3.05, 3.63) is 47.6 Å². The van der Waals surface area contributed by atoms with Crippen LogP contribution >= 0.6 is 23.4 Å². The molecule has 1 unspecified atom stereocenters. The van der Waals surface area contributed by atoms with Crippen molar-refractivity contribution in [1.29, 1.82) is 0 Å². The SMILES string of the molecule is Nc1ccccc1OCC(O)CSc1ncccc1Cl. The summed E-state index contributed by atoms with van der Waals surface area (Å²) in [5, 5.41) is 11.2. The number of hydrogen-bond donors (Lipinski definition) is 2. The van der Waals surface area contributed by atoms with E-state index in [4.69, 9.17) is 22.1 Å². The highest BCUT2D eigenvalue weighted by molar-refractivity contribution is 7.99. The Bertz CT molecular complexity index is 519. The molecule has 1 aromatic heterocycles. The van der Waals surface area contributed by atoms with Gasteiger partial charge in [-0.1, -0.05) is 23.7 Å². The number of para-hydroxylation sites is 2. The summed E-state index contributed by atoms with van der Waals surface area (Å²) in [5.41, 5.74) is 6.31. The summed E-state index contributed by atoms with van der Waals surface area (Å²) in [6, 6.07) is 10.7. The van der Waals surface area contributed by atoms with Gasteiger partial charge < -0.3 is 15.6 Å². The molecule has 0 saturated heterocycles. The maximum atomic E-state index is 9.90. The lowest BCUT2D eigenvalue weighted by atomic mass is 10.3. The molecular formula is C14H15ClN2O2S. The van der Waals surface area contributed by atoms with E-state index in [1.165, 1.54) is 11.8 Å². The molecule has 1 aromatic carbocycles. The summed E-state index contributed by atoms with van der Waals surface area (Å²) in [5.74, 6) is 1.02. The van der Waals surface area contributed by atoms with Gasteiger partial charge in [0.05, 0.1) is 16.8 Å². The van der Waals surface area contributed by atoms with Crippen molar-refractivity contribution in [2.24, 2.45) is 0 Å². The Morgan fingerprint density at radius 1 is 1.30 bits per heavy atom. The first-order chi connectivity index (χ1) is 9.66. The van der Waals surface area contributed by atoms with Crippen LogP contribution in [0.3, 0.4) is 0 Å². The zero-order chi connectivity index (χ0) is 14.4. The number of benzene rings is 1. The number of aromatic nitrogens is 1. The second-order valence-electron chi connectivity index (χ2n) is 4.10. The van der Waals surface area contributed by atoms with Crippen molar-refractivity contribution < 1.29 is 9.84 Å². The molecule has 2 aromatic rings. The fourth-order valence-electron chi connectivity index (χ4n) is 1.50. The van der Waals surface area contributed by atoms with E-state index in [0.29, 0.717) is 27.2 Å². The van der Waals surface area contributed by atoms with Crippen LogP contribution in [0.4, 0.5) is 5.69 Å². The summed E-state index contributed by atoms with van der Waals surface area (Å²) < 4.78 is 5.48. The van der Waals surface area contributed by atoms with E-state index in [1.807, 2.05) is 12.1 Å². The van der Waals surface area contributed by atoms with Gasteiger partial charge in [0.25, 0.3) is 0 Å². The highest BCUT2D eigenvalue weighted by atomic mass is 35.5. The average molecular weight is 311 g/mol. The number of nitrogens with zero attached hydrogens (tertiary/aromatic N) is 1. The number of anilines is 1. The monoisotopic (exact) mass is 310 g/mol. The highest BCUT2D eigenvalue weighted by Crippen LogP contribution is 2.25. The number of pyridine rings is 1. The Hall–Kier alpha value is -1.43. The topological polar surface area (TPSA) is 68.4 Å². The summed E-state index contributed by atoms with van der Waals surface area (Å²) in [4.78, 5) is 4.14. The fourth-order valence-corrected chi connectivity index (χ4v) is 2.57. The quantitative estimate of drug-likeness (QED) is 0.634. The van der Waals surface area contributed by atoms with E-state index >= 15 is 0 Å². The van der Waals surface area contributed by atoms with Gasteiger partial charge in [0.2, 0.25) is 0 Å². The zero-order valence-electron chi connectivity index (χ0n) is 10.7. The molecule has 0 saturated carbocycles. The molecule has 0 aliphatic heterocycles. The Morgan fingerprint density at radius 2 is 2.10 bits per heavy atom. The summed E-state index contributed by atoms with van der Waals surface area (Å²) >= 11 is 7.38. The number of nitrogen functional groups attached to an aromatic ring is 1. The van der Waals surface area contributed by atoms with Crippen molar-refractivity contribution in [2.75, 3.05) is 18.1 Å². The number of thioether (sulfide) groups is 1. The summed E-state index contributed by atoms with van der Waals surface area (Å²) in [6.07, 6.45) is 1.04. The van der Waals surface area contributed by atoms with E-state index in [1.54, 1.807) is 30.5 Å². The highest BCUT2D eigenvalue weighted by Gasteiger charge is 2.09. The molecule has 6 heteroatoms. The van der Waals surface area contributed by atoms with Gasteiger partial charge in [-0.3, -0.25) is 0 Å². The average Bonchev–Trinajstić information content (AvgIpc) is 2.45. The smallest absolute Gasteiger partial charge is 0.142 e. The molecule has 0 spiro atoms. The van der Waals surface area contributed by atoms with Gasteiger partial charge in [-0.2, -0.15) is 0 Å². The largest absolute Gasteiger partial charge is 0.489 e. The molecular weight excluding hydrogens is 296 g/mol. The predicted molar refractivity (Wildman–Crippen MR) is 82.3 cm³/mol. The molecule has 1 heterocycles. The van der Waals surface area contributed by atoms with Crippen LogP contribution in [0.2, 0.25) is 5.02 Å². The van der Waals surface area contributed by atoms with Crippen molar-refractivity contribution in [3.63, 3.8) is 0 Å². The van der Waals surface area contributed by atoms with Gasteiger partial charge in [-0.25, -0.2) is 4.98 Å². The number of nitrogens with two attached hydrogens (primary N) is 1. The lowest BCUT2D eigenvalue weighted by Crippen LogP contribution is -2.20. The van der Waals surface area contributed by atoms with E-state index in [0.717, 1.165) is 0 Å². The molecule has 0 bridgehead atoms. The number of aliphatic hydroxyl groups excluding tert-OH is 1. The molecule has 0 fully saturated rings. The third-order valence-corrected chi connectivity index (χ3v) is 4.05. The van der Waals surface area contributed by atoms with Gasteiger partial charge >= 0.3 is 0 Å². The molecule has 0 radical (unpaired) electrons. The fraction of sp³-hybridized carbons (Fsp3) is 0.214. The first kappa shape index (κ1) is 15.0. The van der Waals surface area contributed by atoms with Crippen LogP contribution in [0.25, 0.3) is 0 Å². The summed E-state index contributed by atoms with van der Waals surface area (Å²) in [6.45, 7) is 0.172. The van der Waals surface area contributed by atoms with Crippen molar-refractivity contribution in [2.45, 2.75) is 11.1 Å². The normalized spacial score (nSPS) is 12.1. The minimum absolute atomic E-state index is 0.172. The molecule has 2 rings (SSSR count). The number of hydrogen-bond acceptors (Lipinski definition) is 5. The van der Waals surface area contributed by atoms with Gasteiger partial charge in [0.15, 0.2) is 0 Å². The van der Waals surface area contributed by atoms with Crippen molar-refractivity contribution in [1.82, 2.24) is 4.98 Å². The van der Waals surface area contributed by atoms with E-state index in [9.17, 15) is 5.11 Å². The van der Waals surface area contributed by atoms with E-state index < -0.39 is 6.10 Å². The molecule has 0 amide bonds. The number of ether oxygens (including phenoxy) is 1. The van der Waals surface area contributed by atoms with Gasteiger partial charge in [0.1, 0.15) is 17.4 Å². The number of halogens is 1. The van der Waals surface area contributed by atoms with Gasteiger partial charge in [0, 0.05) is 11.9 Å². The first-order valence-corrected chi connectivity index (χ1v) is 7.42. The maximum Gasteiger partial charge on any atom is 0.142 e. The molecule has 1 atom stereocenters.